The summed E-state index contributed by atoms with van der Waals surface area (Å²) in [5, 5.41) is 0. The van der Waals surface area contributed by atoms with Crippen molar-refractivity contribution in [1.29, 1.82) is 0 Å². The molecule has 0 saturated carbocycles. The molecule has 1 aromatic heterocycles. The topological polar surface area (TPSA) is 35.5 Å². The molecule has 3 nitrogen and oxygen atoms in total. The van der Waals surface area contributed by atoms with Gasteiger partial charge in [0.2, 0.25) is 5.78 Å². The Morgan fingerprint density at radius 1 is 1.00 bits per heavy atom. The van der Waals surface area contributed by atoms with Gasteiger partial charge in [0.25, 0.3) is 0 Å². The van der Waals surface area contributed by atoms with Gasteiger partial charge in [-0.2, -0.15) is 0 Å². The van der Waals surface area contributed by atoms with E-state index >= 15 is 0 Å². The third-order valence-corrected chi connectivity index (χ3v) is 4.06. The van der Waals surface area contributed by atoms with Gasteiger partial charge in [-0.1, -0.05) is 6.92 Å². The van der Waals surface area contributed by atoms with Crippen molar-refractivity contribution in [3.63, 3.8) is 0 Å². The lowest BCUT2D eigenvalue weighted by atomic mass is 10.3. The molecule has 4 heteroatoms. The maximum Gasteiger partial charge on any atom is 0.210 e. The van der Waals surface area contributed by atoms with Crippen LogP contribution in [0.4, 0.5) is 0 Å². The Balaban J connectivity index is 1.89. The van der Waals surface area contributed by atoms with Gasteiger partial charge in [0.05, 0.1) is 11.5 Å². The van der Waals surface area contributed by atoms with Crippen LogP contribution >= 0.6 is 11.3 Å². The second kappa shape index (κ2) is 7.10. The third kappa shape index (κ3) is 3.84. The number of aryl methyl sites for hydroxylation is 1. The fraction of sp³-hybridized carbons (Fsp3) is 0.312. The molecule has 1 heterocycles. The van der Waals surface area contributed by atoms with Crippen LogP contribution in [0.15, 0.2) is 36.4 Å². The van der Waals surface area contributed by atoms with Gasteiger partial charge in [0, 0.05) is 4.88 Å². The highest BCUT2D eigenvalue weighted by atomic mass is 32.1. The summed E-state index contributed by atoms with van der Waals surface area (Å²) in [6.07, 6.45) is 0.956. The van der Waals surface area contributed by atoms with Crippen LogP contribution in [0, 0.1) is 0 Å². The van der Waals surface area contributed by atoms with Crippen LogP contribution in [0.1, 0.15) is 28.4 Å². The quantitative estimate of drug-likeness (QED) is 0.724. The zero-order chi connectivity index (χ0) is 14.4. The SMILES string of the molecule is CCOc1ccc(OCC(=O)c2ccc(CC)s2)cc1. The number of ketones is 1. The van der Waals surface area contributed by atoms with Crippen LogP contribution in [-0.2, 0) is 6.42 Å². The second-order valence-electron chi connectivity index (χ2n) is 4.24. The smallest absolute Gasteiger partial charge is 0.210 e. The zero-order valence-electron chi connectivity index (χ0n) is 11.7. The van der Waals surface area contributed by atoms with Crippen molar-refractivity contribution in [3.05, 3.63) is 46.2 Å². The molecule has 106 valence electrons. The highest BCUT2D eigenvalue weighted by Crippen LogP contribution is 2.20. The Hall–Kier alpha value is -1.81. The summed E-state index contributed by atoms with van der Waals surface area (Å²) in [5.41, 5.74) is 0. The summed E-state index contributed by atoms with van der Waals surface area (Å²) in [6, 6.07) is 11.2. The van der Waals surface area contributed by atoms with Gasteiger partial charge in [-0.3, -0.25) is 4.79 Å². The summed E-state index contributed by atoms with van der Waals surface area (Å²) in [5.74, 6) is 1.50. The highest BCUT2D eigenvalue weighted by Gasteiger charge is 2.09. The number of rotatable bonds is 7. The molecule has 0 aliphatic rings. The molecule has 0 fully saturated rings. The highest BCUT2D eigenvalue weighted by molar-refractivity contribution is 7.14. The van der Waals surface area contributed by atoms with Crippen LogP contribution in [0.5, 0.6) is 11.5 Å². The number of thiophene rings is 1. The molecular weight excluding hydrogens is 272 g/mol. The number of hydrogen-bond acceptors (Lipinski definition) is 4. The molecule has 1 aromatic carbocycles. The molecule has 0 N–H and O–H groups in total. The molecular formula is C16H18O3S. The summed E-state index contributed by atoms with van der Waals surface area (Å²) in [6.45, 7) is 4.72. The molecule has 20 heavy (non-hydrogen) atoms. The predicted molar refractivity (Wildman–Crippen MR) is 81.1 cm³/mol. The summed E-state index contributed by atoms with van der Waals surface area (Å²) < 4.78 is 10.8. The van der Waals surface area contributed by atoms with Gasteiger partial charge in [0.1, 0.15) is 11.5 Å². The first kappa shape index (κ1) is 14.6. The Morgan fingerprint density at radius 2 is 1.65 bits per heavy atom. The minimum absolute atomic E-state index is 0.0172. The normalized spacial score (nSPS) is 10.3. The Bertz CT molecular complexity index is 557. The van der Waals surface area contributed by atoms with Gasteiger partial charge in [0.15, 0.2) is 6.61 Å². The lowest BCUT2D eigenvalue weighted by Crippen LogP contribution is -2.09. The molecule has 2 aromatic rings. The van der Waals surface area contributed by atoms with Crippen LogP contribution < -0.4 is 9.47 Å². The van der Waals surface area contributed by atoms with E-state index in [1.807, 2.05) is 43.3 Å². The number of carbonyl (C=O) groups is 1. The van der Waals surface area contributed by atoms with Crippen molar-refractivity contribution in [2.45, 2.75) is 20.3 Å². The largest absolute Gasteiger partial charge is 0.494 e. The van der Waals surface area contributed by atoms with Crippen LogP contribution in [0.25, 0.3) is 0 Å². The fourth-order valence-corrected chi connectivity index (χ4v) is 2.61. The van der Waals surface area contributed by atoms with Gasteiger partial charge >= 0.3 is 0 Å². The van der Waals surface area contributed by atoms with Crippen molar-refractivity contribution in [1.82, 2.24) is 0 Å². The van der Waals surface area contributed by atoms with E-state index in [-0.39, 0.29) is 12.4 Å². The molecule has 0 saturated heterocycles. The Labute approximate surface area is 123 Å². The number of ether oxygens (including phenoxy) is 2. The van der Waals surface area contributed by atoms with Crippen LogP contribution in [0.2, 0.25) is 0 Å². The molecule has 0 bridgehead atoms. The van der Waals surface area contributed by atoms with Crippen LogP contribution in [0.3, 0.4) is 0 Å². The number of carbonyl (C=O) groups excluding carboxylic acids is 1. The molecule has 0 radical (unpaired) electrons. The molecule has 0 atom stereocenters. The first-order valence-corrected chi connectivity index (χ1v) is 7.52. The van der Waals surface area contributed by atoms with E-state index in [2.05, 4.69) is 6.92 Å². The van der Waals surface area contributed by atoms with E-state index in [9.17, 15) is 4.79 Å². The summed E-state index contributed by atoms with van der Waals surface area (Å²) in [7, 11) is 0. The van der Waals surface area contributed by atoms with Crippen molar-refractivity contribution in [2.24, 2.45) is 0 Å². The van der Waals surface area contributed by atoms with Crippen molar-refractivity contribution >= 4 is 17.1 Å². The fourth-order valence-electron chi connectivity index (χ4n) is 1.74. The van der Waals surface area contributed by atoms with Gasteiger partial charge in [-0.05, 0) is 49.7 Å². The van der Waals surface area contributed by atoms with Crippen molar-refractivity contribution in [3.8, 4) is 11.5 Å². The second-order valence-corrected chi connectivity index (χ2v) is 5.40. The summed E-state index contributed by atoms with van der Waals surface area (Å²) >= 11 is 1.54. The lowest BCUT2D eigenvalue weighted by Gasteiger charge is -2.06. The molecule has 0 aliphatic heterocycles. The number of benzene rings is 1. The molecule has 0 spiro atoms. The predicted octanol–water partition coefficient (Wildman–Crippen LogP) is 3.97. The minimum atomic E-state index is 0.0172. The van der Waals surface area contributed by atoms with Gasteiger partial charge in [-0.15, -0.1) is 11.3 Å². The first-order valence-electron chi connectivity index (χ1n) is 6.70. The van der Waals surface area contributed by atoms with E-state index in [0.717, 1.165) is 17.0 Å². The standard InChI is InChI=1S/C16H18O3S/c1-3-14-9-10-16(20-14)15(17)11-19-13-7-5-12(6-8-13)18-4-2/h5-10H,3-4,11H2,1-2H3. The van der Waals surface area contributed by atoms with E-state index in [1.165, 1.54) is 16.2 Å². The maximum atomic E-state index is 12.0. The summed E-state index contributed by atoms with van der Waals surface area (Å²) in [4.78, 5) is 14.0. The van der Waals surface area contributed by atoms with Gasteiger partial charge in [-0.25, -0.2) is 0 Å². The minimum Gasteiger partial charge on any atom is -0.494 e. The van der Waals surface area contributed by atoms with E-state index in [4.69, 9.17) is 9.47 Å². The lowest BCUT2D eigenvalue weighted by molar-refractivity contribution is 0.0925. The maximum absolute atomic E-state index is 12.0. The third-order valence-electron chi connectivity index (χ3n) is 2.79. The molecule has 0 unspecified atom stereocenters. The molecule has 0 aliphatic carbocycles. The Kier molecular flexibility index (Phi) is 5.18. The molecule has 0 amide bonds. The van der Waals surface area contributed by atoms with Crippen molar-refractivity contribution < 1.29 is 14.3 Å². The Morgan fingerprint density at radius 3 is 2.20 bits per heavy atom. The average Bonchev–Trinajstić information content (AvgIpc) is 2.95. The van der Waals surface area contributed by atoms with E-state index in [1.54, 1.807) is 0 Å². The average molecular weight is 290 g/mol. The van der Waals surface area contributed by atoms with Crippen molar-refractivity contribution in [2.75, 3.05) is 13.2 Å². The van der Waals surface area contributed by atoms with E-state index in [0.29, 0.717) is 12.4 Å². The number of Topliss-reactive ketones (excluding diaryl/α,β-unsaturated/α-hetero) is 1. The zero-order valence-corrected chi connectivity index (χ0v) is 12.5. The number of hydrogen-bond donors (Lipinski definition) is 0. The van der Waals surface area contributed by atoms with E-state index < -0.39 is 0 Å². The molecule has 2 rings (SSSR count). The van der Waals surface area contributed by atoms with Gasteiger partial charge < -0.3 is 9.47 Å². The first-order chi connectivity index (χ1) is 9.72. The van der Waals surface area contributed by atoms with Crippen LogP contribution in [-0.4, -0.2) is 19.0 Å². The monoisotopic (exact) mass is 290 g/mol.